The van der Waals surface area contributed by atoms with Crippen molar-refractivity contribution in [1.29, 1.82) is 0 Å². The molecule has 0 saturated heterocycles. The number of hydrogen-bond acceptors (Lipinski definition) is 4. The van der Waals surface area contributed by atoms with E-state index < -0.39 is 5.91 Å². The number of benzene rings is 1. The molecule has 1 N–H and O–H groups in total. The first-order valence-corrected chi connectivity index (χ1v) is 5.28. The van der Waals surface area contributed by atoms with E-state index in [0.29, 0.717) is 0 Å². The summed E-state index contributed by atoms with van der Waals surface area (Å²) >= 11 is 0. The third kappa shape index (κ3) is 2.31. The molecule has 0 bridgehead atoms. The van der Waals surface area contributed by atoms with Crippen molar-refractivity contribution in [3.05, 3.63) is 30.1 Å². The number of amides is 1. The zero-order chi connectivity index (χ0) is 13.1. The molecule has 0 spiro atoms. The molecule has 0 unspecified atom stereocenters. The maximum Gasteiger partial charge on any atom is 0.309 e. The number of hydroxylamine groups is 1. The molecular weight excluding hydrogens is 241 g/mol. The van der Waals surface area contributed by atoms with Gasteiger partial charge in [0.1, 0.15) is 6.61 Å². The van der Waals surface area contributed by atoms with Crippen LogP contribution in [0.15, 0.2) is 24.5 Å². The summed E-state index contributed by atoms with van der Waals surface area (Å²) in [7, 11) is 1.78. The summed E-state index contributed by atoms with van der Waals surface area (Å²) < 4.78 is 14.9. The minimum atomic E-state index is -0.924. The van der Waals surface area contributed by atoms with Crippen molar-refractivity contribution in [2.75, 3.05) is 13.2 Å². The van der Waals surface area contributed by atoms with E-state index in [1.54, 1.807) is 24.0 Å². The maximum atomic E-state index is 13.2. The van der Waals surface area contributed by atoms with Crippen LogP contribution < -0.4 is 0 Å². The molecule has 0 aliphatic rings. The van der Waals surface area contributed by atoms with Crippen LogP contribution in [0.1, 0.15) is 10.4 Å². The fourth-order valence-corrected chi connectivity index (χ4v) is 1.54. The normalized spacial score (nSPS) is 10.8. The third-order valence-electron chi connectivity index (χ3n) is 2.43. The van der Waals surface area contributed by atoms with Gasteiger partial charge in [-0.05, 0) is 23.5 Å². The SMILES string of the molecule is Cn1cnc2ccc(C(=O)N(F)OCCO)cc21. The van der Waals surface area contributed by atoms with E-state index in [1.165, 1.54) is 12.1 Å². The Balaban J connectivity index is 2.24. The minimum absolute atomic E-state index is 0.145. The Morgan fingerprint density at radius 3 is 3.11 bits per heavy atom. The highest BCUT2D eigenvalue weighted by Crippen LogP contribution is 2.15. The highest BCUT2D eigenvalue weighted by atomic mass is 19.2. The van der Waals surface area contributed by atoms with Gasteiger partial charge in [0.25, 0.3) is 0 Å². The molecule has 96 valence electrons. The Kier molecular flexibility index (Phi) is 3.54. The highest BCUT2D eigenvalue weighted by molar-refractivity contribution is 5.96. The Morgan fingerprint density at radius 2 is 2.39 bits per heavy atom. The number of aliphatic hydroxyl groups is 1. The predicted octanol–water partition coefficient (Wildman–Crippen LogP) is 0.824. The number of halogens is 1. The van der Waals surface area contributed by atoms with E-state index in [1.807, 2.05) is 0 Å². The van der Waals surface area contributed by atoms with Gasteiger partial charge in [-0.25, -0.2) is 9.82 Å². The molecule has 1 amide bonds. The second-order valence-electron chi connectivity index (χ2n) is 3.67. The molecule has 18 heavy (non-hydrogen) atoms. The summed E-state index contributed by atoms with van der Waals surface area (Å²) in [4.78, 5) is 20.1. The number of aliphatic hydroxyl groups excluding tert-OH is 1. The summed E-state index contributed by atoms with van der Waals surface area (Å²) in [6, 6.07) is 4.62. The summed E-state index contributed by atoms with van der Waals surface area (Å²) in [6.45, 7) is -0.648. The van der Waals surface area contributed by atoms with Gasteiger partial charge < -0.3 is 9.67 Å². The molecule has 1 aromatic carbocycles. The Labute approximate surface area is 102 Å². The van der Waals surface area contributed by atoms with E-state index in [0.717, 1.165) is 11.0 Å². The van der Waals surface area contributed by atoms with Crippen LogP contribution in [-0.2, 0) is 11.9 Å². The molecule has 0 saturated carbocycles. The third-order valence-corrected chi connectivity index (χ3v) is 2.43. The Morgan fingerprint density at radius 1 is 1.61 bits per heavy atom. The van der Waals surface area contributed by atoms with Crippen LogP contribution in [0.3, 0.4) is 0 Å². The summed E-state index contributed by atoms with van der Waals surface area (Å²) in [5.74, 6) is -0.924. The van der Waals surface area contributed by atoms with Gasteiger partial charge in [0.15, 0.2) is 0 Å². The highest BCUT2D eigenvalue weighted by Gasteiger charge is 2.17. The zero-order valence-corrected chi connectivity index (χ0v) is 9.71. The van der Waals surface area contributed by atoms with Gasteiger partial charge in [-0.15, -0.1) is 0 Å². The topological polar surface area (TPSA) is 67.6 Å². The largest absolute Gasteiger partial charge is 0.394 e. The first-order valence-electron chi connectivity index (χ1n) is 5.28. The van der Waals surface area contributed by atoms with Gasteiger partial charge in [-0.2, -0.15) is 0 Å². The minimum Gasteiger partial charge on any atom is -0.394 e. The number of carbonyl (C=O) groups is 1. The number of aryl methyl sites for hydroxylation is 1. The quantitative estimate of drug-likeness (QED) is 0.647. The molecule has 0 atom stereocenters. The fraction of sp³-hybridized carbons (Fsp3) is 0.273. The average Bonchev–Trinajstić information content (AvgIpc) is 2.76. The number of imidazole rings is 1. The lowest BCUT2D eigenvalue weighted by atomic mass is 10.2. The van der Waals surface area contributed by atoms with Crippen molar-refractivity contribution in [2.45, 2.75) is 0 Å². The van der Waals surface area contributed by atoms with Gasteiger partial charge in [0.2, 0.25) is 0 Å². The van der Waals surface area contributed by atoms with E-state index in [9.17, 15) is 9.28 Å². The van der Waals surface area contributed by atoms with Crippen LogP contribution in [0.5, 0.6) is 0 Å². The van der Waals surface area contributed by atoms with Crippen molar-refractivity contribution in [3.8, 4) is 0 Å². The zero-order valence-electron chi connectivity index (χ0n) is 9.71. The second-order valence-corrected chi connectivity index (χ2v) is 3.67. The molecule has 7 heteroatoms. The van der Waals surface area contributed by atoms with Crippen molar-refractivity contribution in [1.82, 2.24) is 14.8 Å². The van der Waals surface area contributed by atoms with Gasteiger partial charge >= 0.3 is 5.91 Å². The molecule has 1 aromatic heterocycles. The molecule has 2 aromatic rings. The molecule has 0 aliphatic heterocycles. The van der Waals surface area contributed by atoms with Gasteiger partial charge in [0, 0.05) is 12.6 Å². The van der Waals surface area contributed by atoms with E-state index >= 15 is 0 Å². The molecular formula is C11H12FN3O3. The van der Waals surface area contributed by atoms with E-state index in [-0.39, 0.29) is 24.1 Å². The van der Waals surface area contributed by atoms with Crippen LogP contribution >= 0.6 is 0 Å². The Hall–Kier alpha value is -1.99. The average molecular weight is 253 g/mol. The van der Waals surface area contributed by atoms with Crippen molar-refractivity contribution < 1.29 is 19.2 Å². The molecule has 1 heterocycles. The van der Waals surface area contributed by atoms with E-state index in [4.69, 9.17) is 5.11 Å². The van der Waals surface area contributed by atoms with E-state index in [2.05, 4.69) is 9.82 Å². The molecule has 0 radical (unpaired) electrons. The van der Waals surface area contributed by atoms with Crippen molar-refractivity contribution in [2.24, 2.45) is 7.05 Å². The predicted molar refractivity (Wildman–Crippen MR) is 61.0 cm³/mol. The van der Waals surface area contributed by atoms with Gasteiger partial charge in [0.05, 0.1) is 24.0 Å². The monoisotopic (exact) mass is 253 g/mol. The van der Waals surface area contributed by atoms with Crippen LogP contribution in [-0.4, -0.2) is 39.1 Å². The lowest BCUT2D eigenvalue weighted by Gasteiger charge is -2.10. The molecule has 2 rings (SSSR count). The Bertz CT molecular complexity index is 570. The number of nitrogens with zero attached hydrogens (tertiary/aromatic N) is 3. The number of hydrogen-bond donors (Lipinski definition) is 1. The summed E-state index contributed by atoms with van der Waals surface area (Å²) in [5.41, 5.74) is 1.58. The molecule has 6 nitrogen and oxygen atoms in total. The number of carbonyl (C=O) groups excluding carboxylic acids is 1. The standard InChI is InChI=1S/C11H12FN3O3/c1-14-7-13-9-3-2-8(6-10(9)14)11(17)15(12)18-5-4-16/h2-3,6-7,16H,4-5H2,1H3. The smallest absolute Gasteiger partial charge is 0.309 e. The van der Waals surface area contributed by atoms with Crippen LogP contribution in [0.4, 0.5) is 4.48 Å². The first-order chi connectivity index (χ1) is 8.63. The van der Waals surface area contributed by atoms with Gasteiger partial charge in [-0.1, -0.05) is 4.48 Å². The lowest BCUT2D eigenvalue weighted by Crippen LogP contribution is -2.24. The van der Waals surface area contributed by atoms with Crippen LogP contribution in [0, 0.1) is 0 Å². The lowest BCUT2D eigenvalue weighted by molar-refractivity contribution is -0.240. The molecule has 0 fully saturated rings. The number of rotatable bonds is 4. The first kappa shape index (κ1) is 12.5. The second kappa shape index (κ2) is 5.11. The van der Waals surface area contributed by atoms with Crippen molar-refractivity contribution >= 4 is 16.9 Å². The summed E-state index contributed by atoms with van der Waals surface area (Å²) in [5, 5.41) is 8.10. The summed E-state index contributed by atoms with van der Waals surface area (Å²) in [6.07, 6.45) is 1.61. The van der Waals surface area contributed by atoms with Crippen molar-refractivity contribution in [3.63, 3.8) is 0 Å². The fourth-order valence-electron chi connectivity index (χ4n) is 1.54. The van der Waals surface area contributed by atoms with Crippen LogP contribution in [0.25, 0.3) is 11.0 Å². The van der Waals surface area contributed by atoms with Gasteiger partial charge in [-0.3, -0.25) is 4.79 Å². The van der Waals surface area contributed by atoms with Crippen LogP contribution in [0.2, 0.25) is 0 Å². The molecule has 0 aliphatic carbocycles. The number of aromatic nitrogens is 2. The number of fused-ring (bicyclic) bond motifs is 1. The maximum absolute atomic E-state index is 13.2.